The van der Waals surface area contributed by atoms with Crippen LogP contribution in [-0.4, -0.2) is 40.5 Å². The molecule has 5 rings (SSSR count). The topological polar surface area (TPSA) is 96.3 Å². The van der Waals surface area contributed by atoms with Crippen molar-refractivity contribution in [2.24, 2.45) is 7.05 Å². The molecule has 1 saturated heterocycles. The van der Waals surface area contributed by atoms with Gasteiger partial charge in [0.1, 0.15) is 0 Å². The molecule has 0 spiro atoms. The molecule has 4 aromatic rings. The van der Waals surface area contributed by atoms with Gasteiger partial charge in [0.15, 0.2) is 0 Å². The molecular formula is C34H36F3N5O3. The van der Waals surface area contributed by atoms with Crippen LogP contribution in [0.15, 0.2) is 59.5 Å². The Morgan fingerprint density at radius 3 is 2.42 bits per heavy atom. The first kappa shape index (κ1) is 31.7. The van der Waals surface area contributed by atoms with Crippen LogP contribution in [0.3, 0.4) is 0 Å². The van der Waals surface area contributed by atoms with E-state index in [-0.39, 0.29) is 28.8 Å². The van der Waals surface area contributed by atoms with Crippen LogP contribution in [0.1, 0.15) is 60.3 Å². The predicted molar refractivity (Wildman–Crippen MR) is 170 cm³/mol. The van der Waals surface area contributed by atoms with Gasteiger partial charge in [-0.05, 0) is 79.8 Å². The van der Waals surface area contributed by atoms with Crippen molar-refractivity contribution in [1.29, 1.82) is 0 Å². The standard InChI is InChI=1S/C34H36F3N5O3/c1-5-6-26-18-31-23(19-38-26)15-30(33(45)41(31)4)29-17-27(8-7-20(29)2)40-32(44)22-13-24(34(35,36)37)16-28(14-22)42-11-9-25(10-12-42)39-21(3)43/h7-8,13-19,25H,5-6,9-12H2,1-4H3,(H,39,43)(H,40,44). The number of aromatic nitrogens is 2. The maximum atomic E-state index is 13.9. The number of nitrogens with zero attached hydrogens (tertiary/aromatic N) is 3. The average Bonchev–Trinajstić information content (AvgIpc) is 3.00. The molecule has 2 aromatic heterocycles. The van der Waals surface area contributed by atoms with Crippen LogP contribution in [-0.2, 0) is 24.4 Å². The van der Waals surface area contributed by atoms with Crippen molar-refractivity contribution in [3.63, 3.8) is 0 Å². The molecule has 0 saturated carbocycles. The second kappa shape index (κ2) is 12.7. The summed E-state index contributed by atoms with van der Waals surface area (Å²) in [6.07, 6.45) is -0.0160. The smallest absolute Gasteiger partial charge is 0.371 e. The van der Waals surface area contributed by atoms with Crippen molar-refractivity contribution in [3.05, 3.63) is 87.5 Å². The van der Waals surface area contributed by atoms with Crippen LogP contribution in [0.5, 0.6) is 0 Å². The van der Waals surface area contributed by atoms with E-state index in [9.17, 15) is 27.6 Å². The molecule has 1 fully saturated rings. The van der Waals surface area contributed by atoms with E-state index in [1.54, 1.807) is 47.0 Å². The molecule has 1 aliphatic heterocycles. The lowest BCUT2D eigenvalue weighted by Gasteiger charge is -2.34. The number of amides is 2. The fraction of sp³-hybridized carbons (Fsp3) is 0.353. The lowest BCUT2D eigenvalue weighted by atomic mass is 9.99. The SMILES string of the molecule is CCCc1cc2c(cn1)cc(-c1cc(NC(=O)c3cc(N4CCC(NC(C)=O)CC4)cc(C(F)(F)F)c3)ccc1C)c(=O)n2C. The normalized spacial score (nSPS) is 14.1. The molecule has 0 atom stereocenters. The number of carbonyl (C=O) groups excluding carboxylic acids is 2. The van der Waals surface area contributed by atoms with Crippen molar-refractivity contribution in [2.45, 2.75) is 58.7 Å². The van der Waals surface area contributed by atoms with E-state index in [0.717, 1.165) is 47.1 Å². The van der Waals surface area contributed by atoms with E-state index >= 15 is 0 Å². The highest BCUT2D eigenvalue weighted by atomic mass is 19.4. The summed E-state index contributed by atoms with van der Waals surface area (Å²) in [5, 5.41) is 6.38. The third-order valence-corrected chi connectivity index (χ3v) is 8.23. The molecule has 11 heteroatoms. The summed E-state index contributed by atoms with van der Waals surface area (Å²) in [4.78, 5) is 44.6. The zero-order chi connectivity index (χ0) is 32.5. The molecule has 3 heterocycles. The fourth-order valence-electron chi connectivity index (χ4n) is 5.84. The van der Waals surface area contributed by atoms with Gasteiger partial charge in [-0.25, -0.2) is 0 Å². The summed E-state index contributed by atoms with van der Waals surface area (Å²) in [6.45, 7) is 6.22. The number of pyridine rings is 2. The highest BCUT2D eigenvalue weighted by Gasteiger charge is 2.33. The van der Waals surface area contributed by atoms with E-state index in [2.05, 4.69) is 22.5 Å². The van der Waals surface area contributed by atoms with Crippen LogP contribution in [0.4, 0.5) is 24.5 Å². The second-order valence-corrected chi connectivity index (χ2v) is 11.6. The predicted octanol–water partition coefficient (Wildman–Crippen LogP) is 6.24. The Labute approximate surface area is 259 Å². The number of anilines is 2. The molecule has 0 unspecified atom stereocenters. The largest absolute Gasteiger partial charge is 0.416 e. The van der Waals surface area contributed by atoms with Crippen molar-refractivity contribution < 1.29 is 22.8 Å². The summed E-state index contributed by atoms with van der Waals surface area (Å²) in [5.41, 5.74) is 2.84. The van der Waals surface area contributed by atoms with Crippen LogP contribution in [0.2, 0.25) is 0 Å². The lowest BCUT2D eigenvalue weighted by Crippen LogP contribution is -2.44. The van der Waals surface area contributed by atoms with Gasteiger partial charge in [-0.15, -0.1) is 0 Å². The van der Waals surface area contributed by atoms with Crippen LogP contribution >= 0.6 is 0 Å². The molecule has 45 heavy (non-hydrogen) atoms. The molecule has 1 aliphatic rings. The van der Waals surface area contributed by atoms with E-state index in [0.29, 0.717) is 42.7 Å². The van der Waals surface area contributed by atoms with Gasteiger partial charge in [0.05, 0.1) is 11.1 Å². The number of hydrogen-bond acceptors (Lipinski definition) is 5. The molecule has 8 nitrogen and oxygen atoms in total. The number of aryl methyl sites for hydroxylation is 3. The van der Waals surface area contributed by atoms with Crippen LogP contribution in [0, 0.1) is 6.92 Å². The van der Waals surface area contributed by atoms with E-state index in [1.807, 2.05) is 13.0 Å². The highest BCUT2D eigenvalue weighted by molar-refractivity contribution is 6.05. The van der Waals surface area contributed by atoms with Gasteiger partial charge >= 0.3 is 6.18 Å². The van der Waals surface area contributed by atoms with Crippen molar-refractivity contribution in [2.75, 3.05) is 23.3 Å². The number of alkyl halides is 3. The van der Waals surface area contributed by atoms with Crippen molar-refractivity contribution >= 4 is 34.1 Å². The first-order chi connectivity index (χ1) is 21.3. The minimum Gasteiger partial charge on any atom is -0.371 e. The van der Waals surface area contributed by atoms with Crippen LogP contribution in [0.25, 0.3) is 22.0 Å². The number of carbonyl (C=O) groups is 2. The third kappa shape index (κ3) is 7.02. The lowest BCUT2D eigenvalue weighted by molar-refractivity contribution is -0.137. The first-order valence-electron chi connectivity index (χ1n) is 15.0. The van der Waals surface area contributed by atoms with Gasteiger partial charge in [0.25, 0.3) is 11.5 Å². The van der Waals surface area contributed by atoms with Crippen LogP contribution < -0.4 is 21.1 Å². The maximum Gasteiger partial charge on any atom is 0.416 e. The number of hydrogen-bond donors (Lipinski definition) is 2. The zero-order valence-electron chi connectivity index (χ0n) is 25.7. The van der Waals surface area contributed by atoms with Gasteiger partial charge in [0, 0.05) is 72.9 Å². The number of rotatable bonds is 7. The zero-order valence-corrected chi connectivity index (χ0v) is 25.7. The molecule has 0 radical (unpaired) electrons. The Morgan fingerprint density at radius 2 is 1.76 bits per heavy atom. The minimum absolute atomic E-state index is 0.0442. The third-order valence-electron chi connectivity index (χ3n) is 8.23. The molecule has 2 aromatic carbocycles. The van der Waals surface area contributed by atoms with Crippen molar-refractivity contribution in [3.8, 4) is 11.1 Å². The van der Waals surface area contributed by atoms with Gasteiger partial charge in [-0.3, -0.25) is 19.4 Å². The minimum atomic E-state index is -4.65. The van der Waals surface area contributed by atoms with E-state index < -0.39 is 17.6 Å². The molecule has 0 bridgehead atoms. The summed E-state index contributed by atoms with van der Waals surface area (Å²) in [7, 11) is 1.71. The number of halogens is 3. The molecule has 2 amide bonds. The Kier molecular flexibility index (Phi) is 8.99. The highest BCUT2D eigenvalue weighted by Crippen LogP contribution is 2.34. The van der Waals surface area contributed by atoms with E-state index in [4.69, 9.17) is 0 Å². The quantitative estimate of drug-likeness (QED) is 0.256. The number of piperidine rings is 1. The van der Waals surface area contributed by atoms with Gasteiger partial charge in [0.2, 0.25) is 5.91 Å². The molecule has 2 N–H and O–H groups in total. The van der Waals surface area contributed by atoms with E-state index in [1.165, 1.54) is 13.0 Å². The average molecular weight is 620 g/mol. The monoisotopic (exact) mass is 619 g/mol. The Bertz CT molecular complexity index is 1820. The van der Waals surface area contributed by atoms with Gasteiger partial charge in [-0.1, -0.05) is 19.4 Å². The Balaban J connectivity index is 1.44. The number of benzene rings is 2. The number of fused-ring (bicyclic) bond motifs is 1. The summed E-state index contributed by atoms with van der Waals surface area (Å²) < 4.78 is 43.3. The van der Waals surface area contributed by atoms with Crippen molar-refractivity contribution in [1.82, 2.24) is 14.9 Å². The summed E-state index contributed by atoms with van der Waals surface area (Å²) >= 11 is 0. The van der Waals surface area contributed by atoms with Gasteiger partial charge in [-0.2, -0.15) is 13.2 Å². The Hall–Kier alpha value is -4.67. The van der Waals surface area contributed by atoms with Gasteiger partial charge < -0.3 is 20.1 Å². The Morgan fingerprint density at radius 1 is 1.02 bits per heavy atom. The fourth-order valence-corrected chi connectivity index (χ4v) is 5.84. The summed E-state index contributed by atoms with van der Waals surface area (Å²) in [5.74, 6) is -0.853. The summed E-state index contributed by atoms with van der Waals surface area (Å²) in [6, 6.07) is 12.1. The molecule has 236 valence electrons. The first-order valence-corrected chi connectivity index (χ1v) is 15.0. The maximum absolute atomic E-state index is 13.9. The molecular weight excluding hydrogens is 583 g/mol. The number of nitrogens with one attached hydrogen (secondary N) is 2. The second-order valence-electron chi connectivity index (χ2n) is 11.6. The molecule has 0 aliphatic carbocycles.